The maximum Gasteiger partial charge on any atom is 0.119 e. The first-order chi connectivity index (χ1) is 7.36. The molecule has 1 fully saturated rings. The molecule has 15 heavy (non-hydrogen) atoms. The monoisotopic (exact) mass is 200 g/mol. The van der Waals surface area contributed by atoms with Crippen molar-refractivity contribution in [2.45, 2.75) is 19.3 Å². The number of benzene rings is 1. The molecule has 2 bridgehead atoms. The summed E-state index contributed by atoms with van der Waals surface area (Å²) in [7, 11) is 0. The highest BCUT2D eigenvalue weighted by Gasteiger charge is 2.41. The van der Waals surface area contributed by atoms with Crippen LogP contribution in [0.3, 0.4) is 0 Å². The van der Waals surface area contributed by atoms with Gasteiger partial charge in [0.25, 0.3) is 0 Å². The van der Waals surface area contributed by atoms with Crippen LogP contribution in [0.5, 0.6) is 5.75 Å². The molecule has 1 aromatic rings. The summed E-state index contributed by atoms with van der Waals surface area (Å²) in [5.74, 6) is 1.83. The Morgan fingerprint density at radius 1 is 1.27 bits per heavy atom. The van der Waals surface area contributed by atoms with Crippen LogP contribution in [-0.2, 0) is 0 Å². The number of fused-ring (bicyclic) bond motifs is 2. The predicted molar refractivity (Wildman–Crippen MR) is 60.9 cm³/mol. The van der Waals surface area contributed by atoms with Gasteiger partial charge < -0.3 is 4.74 Å². The van der Waals surface area contributed by atoms with Gasteiger partial charge in [0.15, 0.2) is 0 Å². The molecular formula is C14H16O. The van der Waals surface area contributed by atoms with E-state index in [9.17, 15) is 0 Å². The molecule has 0 radical (unpaired) electrons. The fourth-order valence-electron chi connectivity index (χ4n) is 2.78. The highest BCUT2D eigenvalue weighted by Crippen LogP contribution is 2.49. The third-order valence-electron chi connectivity index (χ3n) is 3.67. The van der Waals surface area contributed by atoms with Crippen molar-refractivity contribution in [1.29, 1.82) is 0 Å². The Morgan fingerprint density at radius 3 is 2.73 bits per heavy atom. The van der Waals surface area contributed by atoms with Crippen molar-refractivity contribution in [2.24, 2.45) is 11.3 Å². The van der Waals surface area contributed by atoms with Crippen LogP contribution in [-0.4, -0.2) is 6.61 Å². The Morgan fingerprint density at radius 2 is 2.13 bits per heavy atom. The normalized spacial score (nSPS) is 32.1. The second-order valence-electron chi connectivity index (χ2n) is 4.83. The van der Waals surface area contributed by atoms with Crippen LogP contribution in [0.25, 0.3) is 0 Å². The van der Waals surface area contributed by atoms with E-state index < -0.39 is 0 Å². The van der Waals surface area contributed by atoms with E-state index in [1.54, 1.807) is 0 Å². The zero-order chi connectivity index (χ0) is 10.1. The molecule has 0 heterocycles. The fourth-order valence-corrected chi connectivity index (χ4v) is 2.78. The number of hydrogen-bond acceptors (Lipinski definition) is 1. The number of allylic oxidation sites excluding steroid dienone is 1. The van der Waals surface area contributed by atoms with E-state index in [0.29, 0.717) is 5.41 Å². The van der Waals surface area contributed by atoms with Gasteiger partial charge in [-0.2, -0.15) is 0 Å². The molecular weight excluding hydrogens is 184 g/mol. The SMILES string of the molecule is C1=CC2(COc3ccccc3)CCC1C2. The van der Waals surface area contributed by atoms with Gasteiger partial charge in [-0.3, -0.25) is 0 Å². The van der Waals surface area contributed by atoms with Crippen molar-refractivity contribution >= 4 is 0 Å². The molecule has 0 saturated heterocycles. The van der Waals surface area contributed by atoms with Crippen LogP contribution in [0.4, 0.5) is 0 Å². The second kappa shape index (κ2) is 3.41. The molecule has 2 unspecified atom stereocenters. The number of ether oxygens (including phenoxy) is 1. The van der Waals surface area contributed by atoms with Gasteiger partial charge >= 0.3 is 0 Å². The summed E-state index contributed by atoms with van der Waals surface area (Å²) in [6, 6.07) is 10.1. The Labute approximate surface area is 90.8 Å². The smallest absolute Gasteiger partial charge is 0.119 e. The minimum atomic E-state index is 0.362. The molecule has 78 valence electrons. The molecule has 2 aliphatic carbocycles. The Bertz CT molecular complexity index is 368. The number of rotatable bonds is 3. The molecule has 1 aromatic carbocycles. The lowest BCUT2D eigenvalue weighted by Gasteiger charge is -2.23. The highest BCUT2D eigenvalue weighted by molar-refractivity contribution is 5.22. The highest BCUT2D eigenvalue weighted by atomic mass is 16.5. The molecule has 0 spiro atoms. The van der Waals surface area contributed by atoms with E-state index in [4.69, 9.17) is 4.74 Å². The quantitative estimate of drug-likeness (QED) is 0.679. The van der Waals surface area contributed by atoms with Gasteiger partial charge in [0.05, 0.1) is 6.61 Å². The molecule has 0 N–H and O–H groups in total. The summed E-state index contributed by atoms with van der Waals surface area (Å²) >= 11 is 0. The molecule has 1 nitrogen and oxygen atoms in total. The van der Waals surface area contributed by atoms with Gasteiger partial charge in [-0.05, 0) is 37.3 Å². The molecule has 0 aliphatic heterocycles. The lowest BCUT2D eigenvalue weighted by molar-refractivity contribution is 0.197. The van der Waals surface area contributed by atoms with Crippen molar-refractivity contribution in [1.82, 2.24) is 0 Å². The van der Waals surface area contributed by atoms with E-state index in [1.807, 2.05) is 30.3 Å². The minimum absolute atomic E-state index is 0.362. The van der Waals surface area contributed by atoms with Gasteiger partial charge in [-0.1, -0.05) is 30.4 Å². The van der Waals surface area contributed by atoms with Crippen LogP contribution in [0.2, 0.25) is 0 Å². The Balaban J connectivity index is 1.65. The maximum atomic E-state index is 5.86. The summed E-state index contributed by atoms with van der Waals surface area (Å²) in [5, 5.41) is 0. The first-order valence-corrected chi connectivity index (χ1v) is 5.74. The van der Waals surface area contributed by atoms with Gasteiger partial charge in [0.1, 0.15) is 5.75 Å². The molecule has 1 saturated carbocycles. The van der Waals surface area contributed by atoms with E-state index >= 15 is 0 Å². The van der Waals surface area contributed by atoms with Crippen LogP contribution in [0, 0.1) is 11.3 Å². The van der Waals surface area contributed by atoms with Crippen LogP contribution >= 0.6 is 0 Å². The third kappa shape index (κ3) is 1.67. The number of hydrogen-bond donors (Lipinski definition) is 0. The topological polar surface area (TPSA) is 9.23 Å². The zero-order valence-corrected chi connectivity index (χ0v) is 8.86. The first-order valence-electron chi connectivity index (χ1n) is 5.74. The van der Waals surface area contributed by atoms with Gasteiger partial charge in [0, 0.05) is 5.41 Å². The summed E-state index contributed by atoms with van der Waals surface area (Å²) in [6.45, 7) is 0.851. The summed E-state index contributed by atoms with van der Waals surface area (Å²) in [5.41, 5.74) is 0.362. The van der Waals surface area contributed by atoms with Crippen LogP contribution in [0.15, 0.2) is 42.5 Å². The third-order valence-corrected chi connectivity index (χ3v) is 3.67. The molecule has 3 rings (SSSR count). The lowest BCUT2D eigenvalue weighted by Crippen LogP contribution is -2.21. The molecule has 2 atom stereocenters. The van der Waals surface area contributed by atoms with Crippen molar-refractivity contribution in [2.75, 3.05) is 6.61 Å². The van der Waals surface area contributed by atoms with Crippen LogP contribution in [0.1, 0.15) is 19.3 Å². The van der Waals surface area contributed by atoms with Crippen molar-refractivity contribution < 1.29 is 4.74 Å². The first kappa shape index (κ1) is 9.02. The molecule has 0 aromatic heterocycles. The second-order valence-corrected chi connectivity index (χ2v) is 4.83. The minimum Gasteiger partial charge on any atom is -0.493 e. The van der Waals surface area contributed by atoms with Gasteiger partial charge in [-0.15, -0.1) is 0 Å². The van der Waals surface area contributed by atoms with Crippen molar-refractivity contribution in [3.8, 4) is 5.75 Å². The molecule has 1 heteroatoms. The summed E-state index contributed by atoms with van der Waals surface area (Å²) in [6.07, 6.45) is 8.72. The maximum absolute atomic E-state index is 5.86. The number of para-hydroxylation sites is 1. The van der Waals surface area contributed by atoms with E-state index in [2.05, 4.69) is 12.2 Å². The van der Waals surface area contributed by atoms with Crippen molar-refractivity contribution in [3.63, 3.8) is 0 Å². The largest absolute Gasteiger partial charge is 0.493 e. The fraction of sp³-hybridized carbons (Fsp3) is 0.429. The van der Waals surface area contributed by atoms with E-state index in [-0.39, 0.29) is 0 Å². The predicted octanol–water partition coefficient (Wildman–Crippen LogP) is 3.42. The Kier molecular flexibility index (Phi) is 2.05. The van der Waals surface area contributed by atoms with Crippen LogP contribution < -0.4 is 4.74 Å². The van der Waals surface area contributed by atoms with Gasteiger partial charge in [-0.25, -0.2) is 0 Å². The summed E-state index contributed by atoms with van der Waals surface area (Å²) < 4.78 is 5.86. The Hall–Kier alpha value is -1.24. The lowest BCUT2D eigenvalue weighted by atomic mass is 9.89. The summed E-state index contributed by atoms with van der Waals surface area (Å²) in [4.78, 5) is 0. The standard InChI is InChI=1S/C14H16O/c1-2-4-13(5-3-1)15-11-14-8-6-12(10-14)7-9-14/h1-6,8,12H,7,9-11H2. The van der Waals surface area contributed by atoms with Crippen molar-refractivity contribution in [3.05, 3.63) is 42.5 Å². The molecule has 2 aliphatic rings. The zero-order valence-electron chi connectivity index (χ0n) is 8.86. The van der Waals surface area contributed by atoms with E-state index in [0.717, 1.165) is 18.3 Å². The van der Waals surface area contributed by atoms with Gasteiger partial charge in [0.2, 0.25) is 0 Å². The average molecular weight is 200 g/mol. The average Bonchev–Trinajstić information content (AvgIpc) is 2.89. The molecule has 0 amide bonds. The van der Waals surface area contributed by atoms with E-state index in [1.165, 1.54) is 19.3 Å².